The molecule has 1 amide bonds. The molecule has 1 N–H and O–H groups in total. The number of hydrogen-bond donors (Lipinski definition) is 1. The summed E-state index contributed by atoms with van der Waals surface area (Å²) in [5.74, 6) is -2.23. The normalized spacial score (nSPS) is 16.2. The quantitative estimate of drug-likeness (QED) is 0.666. The topological polar surface area (TPSA) is 45.2 Å². The molecule has 1 atom stereocenters. The molecule has 1 aliphatic rings. The molecule has 2 aromatic carbocycles. The van der Waals surface area contributed by atoms with Crippen LogP contribution in [0.5, 0.6) is 0 Å². The van der Waals surface area contributed by atoms with Crippen LogP contribution in [0.15, 0.2) is 47.8 Å². The molecule has 29 heavy (non-hydrogen) atoms. The van der Waals surface area contributed by atoms with Crippen LogP contribution in [0.3, 0.4) is 0 Å². The number of anilines is 1. The van der Waals surface area contributed by atoms with Gasteiger partial charge in [0.2, 0.25) is 0 Å². The Bertz CT molecular complexity index is 1040. The smallest absolute Gasteiger partial charge is 0.270 e. The molecule has 0 aliphatic carbocycles. The Hall–Kier alpha value is -2.87. The van der Waals surface area contributed by atoms with Gasteiger partial charge >= 0.3 is 0 Å². The number of hydrogen-bond acceptors (Lipinski definition) is 4. The lowest BCUT2D eigenvalue weighted by Gasteiger charge is -2.19. The lowest BCUT2D eigenvalue weighted by molar-refractivity contribution is 0.0944. The summed E-state index contributed by atoms with van der Waals surface area (Å²) in [7, 11) is 0. The lowest BCUT2D eigenvalue weighted by atomic mass is 10.1. The van der Waals surface area contributed by atoms with Crippen LogP contribution in [0.2, 0.25) is 0 Å². The maximum Gasteiger partial charge on any atom is 0.270 e. The highest BCUT2D eigenvalue weighted by Gasteiger charge is 2.24. The van der Waals surface area contributed by atoms with E-state index in [1.165, 1.54) is 23.5 Å². The van der Waals surface area contributed by atoms with Crippen LogP contribution in [0.1, 0.15) is 16.9 Å². The highest BCUT2D eigenvalue weighted by atomic mass is 32.1. The Kier molecular flexibility index (Phi) is 5.53. The number of halogens is 3. The maximum atomic E-state index is 13.9. The van der Waals surface area contributed by atoms with Crippen molar-refractivity contribution in [3.05, 3.63) is 71.0 Å². The summed E-state index contributed by atoms with van der Waals surface area (Å²) < 4.78 is 40.4. The summed E-state index contributed by atoms with van der Waals surface area (Å²) in [6.07, 6.45) is 0.830. The molecule has 1 aliphatic heterocycles. The van der Waals surface area contributed by atoms with E-state index in [0.717, 1.165) is 12.5 Å². The molecular weight excluding hydrogens is 399 g/mol. The molecule has 1 aromatic heterocycles. The average Bonchev–Trinajstić information content (AvgIpc) is 3.38. The van der Waals surface area contributed by atoms with Crippen LogP contribution in [0.25, 0.3) is 10.6 Å². The average molecular weight is 417 g/mol. The molecule has 1 saturated heterocycles. The summed E-state index contributed by atoms with van der Waals surface area (Å²) in [6, 6.07) is 10.2. The second kappa shape index (κ2) is 8.24. The number of carbonyl (C=O) groups is 1. The Morgan fingerprint density at radius 1 is 1.14 bits per heavy atom. The van der Waals surface area contributed by atoms with Crippen molar-refractivity contribution in [2.75, 3.05) is 24.5 Å². The second-order valence-electron chi connectivity index (χ2n) is 6.93. The number of rotatable bonds is 5. The maximum absolute atomic E-state index is 13.9. The molecule has 0 radical (unpaired) electrons. The van der Waals surface area contributed by atoms with E-state index in [0.29, 0.717) is 35.9 Å². The minimum Gasteiger partial charge on any atom is -0.371 e. The van der Waals surface area contributed by atoms with Gasteiger partial charge in [-0.2, -0.15) is 0 Å². The van der Waals surface area contributed by atoms with Gasteiger partial charge in [-0.05, 0) is 36.6 Å². The van der Waals surface area contributed by atoms with E-state index in [1.807, 2.05) is 4.90 Å². The first-order valence-corrected chi connectivity index (χ1v) is 10.1. The number of benzene rings is 2. The highest BCUT2D eigenvalue weighted by molar-refractivity contribution is 7.13. The number of carbonyl (C=O) groups excluding carboxylic acids is 1. The van der Waals surface area contributed by atoms with E-state index in [2.05, 4.69) is 10.3 Å². The fourth-order valence-electron chi connectivity index (χ4n) is 3.38. The lowest BCUT2D eigenvalue weighted by Crippen LogP contribution is -2.31. The summed E-state index contributed by atoms with van der Waals surface area (Å²) >= 11 is 1.22. The molecule has 2 heterocycles. The molecule has 4 nitrogen and oxygen atoms in total. The van der Waals surface area contributed by atoms with Crippen molar-refractivity contribution < 1.29 is 18.0 Å². The van der Waals surface area contributed by atoms with Gasteiger partial charge in [-0.1, -0.05) is 12.1 Å². The molecule has 0 spiro atoms. The molecule has 1 unspecified atom stereocenters. The molecule has 4 rings (SSSR count). The van der Waals surface area contributed by atoms with Gasteiger partial charge in [-0.15, -0.1) is 11.3 Å². The van der Waals surface area contributed by atoms with E-state index >= 15 is 0 Å². The van der Waals surface area contributed by atoms with Crippen LogP contribution in [0.4, 0.5) is 18.9 Å². The molecule has 150 valence electrons. The largest absolute Gasteiger partial charge is 0.371 e. The zero-order valence-corrected chi connectivity index (χ0v) is 16.2. The van der Waals surface area contributed by atoms with Gasteiger partial charge in [0.1, 0.15) is 16.5 Å². The SMILES string of the molecule is O=C(NCC1CCN(c2ccc(F)c(F)c2)C1)c1csc(-c2ccccc2F)n1. The van der Waals surface area contributed by atoms with Crippen molar-refractivity contribution in [2.45, 2.75) is 6.42 Å². The van der Waals surface area contributed by atoms with Gasteiger partial charge in [-0.3, -0.25) is 4.79 Å². The van der Waals surface area contributed by atoms with Crippen molar-refractivity contribution in [1.29, 1.82) is 0 Å². The Labute approximate surface area is 170 Å². The van der Waals surface area contributed by atoms with Crippen molar-refractivity contribution in [1.82, 2.24) is 10.3 Å². The summed E-state index contributed by atoms with van der Waals surface area (Å²) in [5, 5.41) is 4.93. The van der Waals surface area contributed by atoms with Gasteiger partial charge in [0.25, 0.3) is 5.91 Å². The fourth-order valence-corrected chi connectivity index (χ4v) is 4.21. The Balaban J connectivity index is 1.33. The van der Waals surface area contributed by atoms with E-state index in [-0.39, 0.29) is 23.3 Å². The number of aromatic nitrogens is 1. The van der Waals surface area contributed by atoms with Gasteiger partial charge < -0.3 is 10.2 Å². The van der Waals surface area contributed by atoms with Crippen LogP contribution in [-0.2, 0) is 0 Å². The van der Waals surface area contributed by atoms with E-state index in [1.54, 1.807) is 29.6 Å². The van der Waals surface area contributed by atoms with E-state index in [4.69, 9.17) is 0 Å². The second-order valence-corrected chi connectivity index (χ2v) is 7.79. The van der Waals surface area contributed by atoms with Gasteiger partial charge in [0.15, 0.2) is 11.6 Å². The number of nitrogens with one attached hydrogen (secondary N) is 1. The summed E-state index contributed by atoms with van der Waals surface area (Å²) in [6.45, 7) is 1.80. The highest BCUT2D eigenvalue weighted by Crippen LogP contribution is 2.27. The van der Waals surface area contributed by atoms with Crippen LogP contribution >= 0.6 is 11.3 Å². The number of thiazole rings is 1. The molecule has 0 saturated carbocycles. The standard InChI is InChI=1S/C21H18F3N3OS/c22-16-4-2-1-3-15(16)21-26-19(12-29-21)20(28)25-10-13-7-8-27(11-13)14-5-6-17(23)18(24)9-14/h1-6,9,12-13H,7-8,10-11H2,(H,25,28). The first kappa shape index (κ1) is 19.4. The third-order valence-corrected chi connectivity index (χ3v) is 5.82. The monoisotopic (exact) mass is 417 g/mol. The van der Waals surface area contributed by atoms with E-state index in [9.17, 15) is 18.0 Å². The van der Waals surface area contributed by atoms with Crippen molar-refractivity contribution in [3.8, 4) is 10.6 Å². The summed E-state index contributed by atoms with van der Waals surface area (Å²) in [4.78, 5) is 18.6. The van der Waals surface area contributed by atoms with Gasteiger partial charge in [0.05, 0.1) is 0 Å². The van der Waals surface area contributed by atoms with Crippen molar-refractivity contribution in [3.63, 3.8) is 0 Å². The predicted molar refractivity (Wildman–Crippen MR) is 107 cm³/mol. The molecule has 1 fully saturated rings. The minimum atomic E-state index is -0.867. The minimum absolute atomic E-state index is 0.191. The van der Waals surface area contributed by atoms with Gasteiger partial charge in [0, 0.05) is 42.3 Å². The van der Waals surface area contributed by atoms with Crippen molar-refractivity contribution in [2.24, 2.45) is 5.92 Å². The van der Waals surface area contributed by atoms with Crippen LogP contribution in [-0.4, -0.2) is 30.5 Å². The first-order chi connectivity index (χ1) is 14.0. The number of amides is 1. The zero-order chi connectivity index (χ0) is 20.4. The van der Waals surface area contributed by atoms with Crippen LogP contribution in [0, 0.1) is 23.4 Å². The summed E-state index contributed by atoms with van der Waals surface area (Å²) in [5.41, 5.74) is 1.25. The fraction of sp³-hybridized carbons (Fsp3) is 0.238. The predicted octanol–water partition coefficient (Wildman–Crippen LogP) is 4.48. The molecule has 3 aromatic rings. The molecular formula is C21H18F3N3OS. The third-order valence-electron chi connectivity index (χ3n) is 4.95. The number of nitrogens with zero attached hydrogens (tertiary/aromatic N) is 2. The van der Waals surface area contributed by atoms with Crippen molar-refractivity contribution >= 4 is 22.9 Å². The van der Waals surface area contributed by atoms with E-state index < -0.39 is 11.6 Å². The van der Waals surface area contributed by atoms with Crippen LogP contribution < -0.4 is 10.2 Å². The first-order valence-electron chi connectivity index (χ1n) is 9.20. The Morgan fingerprint density at radius 2 is 1.97 bits per heavy atom. The van der Waals surface area contributed by atoms with Gasteiger partial charge in [-0.25, -0.2) is 18.2 Å². The molecule has 0 bridgehead atoms. The third kappa shape index (κ3) is 4.27. The Morgan fingerprint density at radius 3 is 2.76 bits per heavy atom. The molecule has 8 heteroatoms. The zero-order valence-electron chi connectivity index (χ0n) is 15.4.